The van der Waals surface area contributed by atoms with Crippen molar-refractivity contribution < 1.29 is 4.79 Å². The van der Waals surface area contributed by atoms with Crippen LogP contribution >= 0.6 is 0 Å². The smallest absolute Gasteiger partial charge is 0.275 e. The Balaban J connectivity index is 3.91. The van der Waals surface area contributed by atoms with Crippen LogP contribution in [0.3, 0.4) is 0 Å². The monoisotopic (exact) mass is 96.0 g/mol. The first-order valence-electron chi connectivity index (χ1n) is 1.30. The van der Waals surface area contributed by atoms with Crippen LogP contribution in [0.1, 0.15) is 0 Å². The maximum atomic E-state index is 9.63. The van der Waals surface area contributed by atoms with Crippen LogP contribution in [0, 0.1) is 11.3 Å². The molecule has 0 fully saturated rings. The van der Waals surface area contributed by atoms with Crippen molar-refractivity contribution >= 4 is 5.91 Å². The summed E-state index contributed by atoms with van der Waals surface area (Å²) in [6.07, 6.45) is 0. The van der Waals surface area contributed by atoms with Gasteiger partial charge in [0.15, 0.2) is 0 Å². The van der Waals surface area contributed by atoms with Crippen molar-refractivity contribution in [2.24, 2.45) is 5.11 Å². The van der Waals surface area contributed by atoms with E-state index >= 15 is 0 Å². The summed E-state index contributed by atoms with van der Waals surface area (Å²) in [7, 11) is 0. The number of rotatable bonds is 0. The molecule has 0 spiro atoms. The van der Waals surface area contributed by atoms with Gasteiger partial charge in [-0.25, -0.2) is 0 Å². The van der Waals surface area contributed by atoms with Crippen LogP contribution in [0.5, 0.6) is 0 Å². The van der Waals surface area contributed by atoms with E-state index in [2.05, 4.69) is 10.0 Å². The zero-order valence-electron chi connectivity index (χ0n) is 3.20. The number of amides is 1. The van der Waals surface area contributed by atoms with Gasteiger partial charge in [-0.1, -0.05) is 0 Å². The predicted molar refractivity (Wildman–Crippen MR) is 19.8 cm³/mol. The normalized spacial score (nSPS) is 5.57. The summed E-state index contributed by atoms with van der Waals surface area (Å²) in [4.78, 5) is 11.7. The fourth-order valence-electron chi connectivity index (χ4n) is 0.0630. The molecule has 0 atom stereocenters. The highest BCUT2D eigenvalue weighted by Gasteiger charge is 1.85. The van der Waals surface area contributed by atoms with Crippen molar-refractivity contribution in [2.75, 3.05) is 0 Å². The van der Waals surface area contributed by atoms with Gasteiger partial charge in [-0.05, 0) is 10.6 Å². The van der Waals surface area contributed by atoms with Crippen molar-refractivity contribution in [3.05, 3.63) is 10.4 Å². The topological polar surface area (TPSA) is 89.6 Å². The van der Waals surface area contributed by atoms with Crippen molar-refractivity contribution in [1.29, 1.82) is 5.26 Å². The van der Waals surface area contributed by atoms with Gasteiger partial charge in [0, 0.05) is 4.91 Å². The lowest BCUT2D eigenvalue weighted by molar-refractivity contribution is -0.112. The Morgan fingerprint density at radius 3 is 2.71 bits per heavy atom. The summed E-state index contributed by atoms with van der Waals surface area (Å²) < 4.78 is 0. The fraction of sp³-hybridized carbons (Fsp3) is 0. The Labute approximate surface area is 38.8 Å². The summed E-state index contributed by atoms with van der Waals surface area (Å²) in [5, 5.41) is 10.0. The van der Waals surface area contributed by atoms with Gasteiger partial charge in [0.25, 0.3) is 0 Å². The molecule has 7 heavy (non-hydrogen) atoms. The molecule has 1 amide bonds. The predicted octanol–water partition coefficient (Wildman–Crippen LogP) is 0.347. The Morgan fingerprint density at radius 1 is 2.00 bits per heavy atom. The minimum Gasteiger partial charge on any atom is -0.275 e. The van der Waals surface area contributed by atoms with Crippen molar-refractivity contribution in [1.82, 2.24) is 0 Å². The number of nitrogens with zero attached hydrogens (tertiary/aromatic N) is 4. The largest absolute Gasteiger partial charge is 0.318 e. The average Bonchev–Trinajstić information content (AvgIpc) is 1.68. The molecule has 0 aromatic rings. The molecule has 0 heterocycles. The molecule has 0 saturated carbocycles. The van der Waals surface area contributed by atoms with Gasteiger partial charge >= 0.3 is 5.91 Å². The molecule has 0 aliphatic rings. The number of hydrogen-bond donors (Lipinski definition) is 0. The van der Waals surface area contributed by atoms with E-state index in [1.165, 1.54) is 0 Å². The van der Waals surface area contributed by atoms with Crippen LogP contribution < -0.4 is 0 Å². The van der Waals surface area contributed by atoms with Crippen LogP contribution in [-0.2, 0) is 4.79 Å². The highest BCUT2D eigenvalue weighted by Crippen LogP contribution is 1.68. The Kier molecular flexibility index (Phi) is 2.10. The number of nitriles is 1. The summed E-state index contributed by atoms with van der Waals surface area (Å²) in [5.41, 5.74) is 7.45. The minimum atomic E-state index is -1.11. The molecule has 0 radical (unpaired) electrons. The third-order valence-electron chi connectivity index (χ3n) is 0.231. The second-order valence-corrected chi connectivity index (χ2v) is 0.606. The first-order chi connectivity index (χ1) is 3.31. The molecule has 5 nitrogen and oxygen atoms in total. The third-order valence-corrected chi connectivity index (χ3v) is 0.231. The van der Waals surface area contributed by atoms with E-state index in [0.717, 1.165) is 6.07 Å². The zero-order valence-corrected chi connectivity index (χ0v) is 3.20. The van der Waals surface area contributed by atoms with Crippen molar-refractivity contribution in [2.45, 2.75) is 0 Å². The SMILES string of the molecule is N#CC(=O)N=[N+]=[N-]. The lowest BCUT2D eigenvalue weighted by Gasteiger charge is -1.58. The molecular weight excluding hydrogens is 96.0 g/mol. The number of azide groups is 1. The van der Waals surface area contributed by atoms with Gasteiger partial charge < -0.3 is 0 Å². The van der Waals surface area contributed by atoms with Gasteiger partial charge in [-0.3, -0.25) is 4.79 Å². The van der Waals surface area contributed by atoms with Crippen LogP contribution in [0.2, 0.25) is 0 Å². The van der Waals surface area contributed by atoms with Gasteiger partial charge in [0.2, 0.25) is 0 Å². The first kappa shape index (κ1) is 5.47. The van der Waals surface area contributed by atoms with Gasteiger partial charge in [-0.15, -0.1) is 0 Å². The quantitative estimate of drug-likeness (QED) is 0.188. The molecule has 5 heteroatoms. The zero-order chi connectivity index (χ0) is 5.70. The van der Waals surface area contributed by atoms with Crippen LogP contribution in [0.4, 0.5) is 0 Å². The summed E-state index contributed by atoms with van der Waals surface area (Å²) >= 11 is 0. The second kappa shape index (κ2) is 2.69. The first-order valence-corrected chi connectivity index (χ1v) is 1.30. The molecule has 0 aromatic carbocycles. The third kappa shape index (κ3) is 2.26. The molecule has 0 aliphatic heterocycles. The number of hydrogen-bond acceptors (Lipinski definition) is 2. The number of carbonyl (C=O) groups excluding carboxylic acids is 1. The minimum absolute atomic E-state index is 1.11. The van der Waals surface area contributed by atoms with E-state index in [0.29, 0.717) is 0 Å². The van der Waals surface area contributed by atoms with E-state index in [-0.39, 0.29) is 0 Å². The lowest BCUT2D eigenvalue weighted by Crippen LogP contribution is -1.79. The molecule has 0 N–H and O–H groups in total. The highest BCUT2D eigenvalue weighted by atomic mass is 16.1. The molecule has 0 aliphatic carbocycles. The molecule has 0 unspecified atom stereocenters. The molecule has 0 bridgehead atoms. The van der Waals surface area contributed by atoms with Crippen LogP contribution in [0.15, 0.2) is 5.11 Å². The van der Waals surface area contributed by atoms with Crippen molar-refractivity contribution in [3.8, 4) is 6.07 Å². The van der Waals surface area contributed by atoms with Crippen molar-refractivity contribution in [3.63, 3.8) is 0 Å². The van der Waals surface area contributed by atoms with Gasteiger partial charge in [-0.2, -0.15) is 5.26 Å². The van der Waals surface area contributed by atoms with Crippen LogP contribution in [-0.4, -0.2) is 5.91 Å². The van der Waals surface area contributed by atoms with E-state index < -0.39 is 5.91 Å². The molecule has 0 aromatic heterocycles. The summed E-state index contributed by atoms with van der Waals surface area (Å²) in [6, 6.07) is 1.11. The van der Waals surface area contributed by atoms with Crippen LogP contribution in [0.25, 0.3) is 10.4 Å². The standard InChI is InChI=1S/C2N4O/c3-1-2(7)5-6-4. The van der Waals surface area contributed by atoms with E-state index in [4.69, 9.17) is 10.8 Å². The Morgan fingerprint density at radius 2 is 2.57 bits per heavy atom. The summed E-state index contributed by atoms with van der Waals surface area (Å²) in [6.45, 7) is 0. The Hall–Kier alpha value is -1.53. The van der Waals surface area contributed by atoms with Gasteiger partial charge in [0.1, 0.15) is 6.07 Å². The average molecular weight is 96.0 g/mol. The second-order valence-electron chi connectivity index (χ2n) is 0.606. The van der Waals surface area contributed by atoms with Gasteiger partial charge in [0.05, 0.1) is 0 Å². The van der Waals surface area contributed by atoms with E-state index in [1.807, 2.05) is 0 Å². The maximum absolute atomic E-state index is 9.63. The molecule has 0 saturated heterocycles. The lowest BCUT2D eigenvalue weighted by atomic mass is 10.7. The number of carbonyl (C=O) groups is 1. The van der Waals surface area contributed by atoms with E-state index in [9.17, 15) is 4.79 Å². The maximum Gasteiger partial charge on any atom is 0.318 e. The molecule has 0 rings (SSSR count). The summed E-state index contributed by atoms with van der Waals surface area (Å²) in [5.74, 6) is -1.11. The highest BCUT2D eigenvalue weighted by molar-refractivity contribution is 5.91. The molecule has 34 valence electrons. The fourth-order valence-corrected chi connectivity index (χ4v) is 0.0630. The Bertz CT molecular complexity index is 159. The van der Waals surface area contributed by atoms with E-state index in [1.54, 1.807) is 0 Å². The molecular formula is C2N4O.